The van der Waals surface area contributed by atoms with Crippen molar-refractivity contribution in [1.82, 2.24) is 4.90 Å². The lowest BCUT2D eigenvalue weighted by molar-refractivity contribution is -0.151. The second-order valence-electron chi connectivity index (χ2n) is 4.50. The minimum atomic E-state index is -4.23. The average Bonchev–Trinajstić information content (AvgIpc) is 2.28. The molecule has 6 heteroatoms. The van der Waals surface area contributed by atoms with Crippen LogP contribution in [0.1, 0.15) is 25.5 Å². The molecule has 2 unspecified atom stereocenters. The molecule has 0 aliphatic rings. The number of nitrogens with zero attached hydrogens (tertiary/aromatic N) is 1. The maximum atomic E-state index is 12.6. The first-order chi connectivity index (χ1) is 8.76. The summed E-state index contributed by atoms with van der Waals surface area (Å²) >= 11 is 3.38. The van der Waals surface area contributed by atoms with Gasteiger partial charge in [0.2, 0.25) is 0 Å². The molecular formula is C13H18BrF3N2. The van der Waals surface area contributed by atoms with Gasteiger partial charge in [-0.3, -0.25) is 4.90 Å². The van der Waals surface area contributed by atoms with Crippen LogP contribution in [0.25, 0.3) is 0 Å². The van der Waals surface area contributed by atoms with Crippen molar-refractivity contribution in [3.8, 4) is 0 Å². The first kappa shape index (κ1) is 16.5. The van der Waals surface area contributed by atoms with E-state index in [0.29, 0.717) is 0 Å². The fraction of sp³-hybridized carbons (Fsp3) is 0.538. The van der Waals surface area contributed by atoms with E-state index in [-0.39, 0.29) is 6.54 Å². The monoisotopic (exact) mass is 338 g/mol. The SMILES string of the molecule is CCN(CC(F)(F)F)C(c1ccccc1Br)C(C)N. The quantitative estimate of drug-likeness (QED) is 0.886. The Kier molecular flexibility index (Phi) is 5.82. The maximum Gasteiger partial charge on any atom is 0.401 e. The van der Waals surface area contributed by atoms with Gasteiger partial charge in [0.05, 0.1) is 12.6 Å². The summed E-state index contributed by atoms with van der Waals surface area (Å²) in [6.07, 6.45) is -4.23. The highest BCUT2D eigenvalue weighted by molar-refractivity contribution is 9.10. The number of hydrogen-bond donors (Lipinski definition) is 1. The smallest absolute Gasteiger partial charge is 0.326 e. The highest BCUT2D eigenvalue weighted by Crippen LogP contribution is 2.31. The fourth-order valence-corrected chi connectivity index (χ4v) is 2.68. The van der Waals surface area contributed by atoms with Gasteiger partial charge in [-0.25, -0.2) is 0 Å². The van der Waals surface area contributed by atoms with Gasteiger partial charge in [0.25, 0.3) is 0 Å². The van der Waals surface area contributed by atoms with Crippen molar-refractivity contribution in [2.45, 2.75) is 32.1 Å². The van der Waals surface area contributed by atoms with Crippen LogP contribution in [-0.4, -0.2) is 30.2 Å². The number of rotatable bonds is 5. The summed E-state index contributed by atoms with van der Waals surface area (Å²) in [4.78, 5) is 1.35. The number of nitrogens with two attached hydrogens (primary N) is 1. The normalized spacial score (nSPS) is 15.6. The average molecular weight is 339 g/mol. The molecule has 0 heterocycles. The van der Waals surface area contributed by atoms with Crippen molar-refractivity contribution in [2.75, 3.05) is 13.1 Å². The van der Waals surface area contributed by atoms with Crippen molar-refractivity contribution in [3.05, 3.63) is 34.3 Å². The minimum absolute atomic E-state index is 0.285. The first-order valence-corrected chi connectivity index (χ1v) is 6.86. The van der Waals surface area contributed by atoms with E-state index in [2.05, 4.69) is 15.9 Å². The van der Waals surface area contributed by atoms with Gasteiger partial charge in [0, 0.05) is 10.5 Å². The van der Waals surface area contributed by atoms with E-state index in [0.717, 1.165) is 10.0 Å². The molecule has 0 saturated carbocycles. The van der Waals surface area contributed by atoms with Gasteiger partial charge in [-0.05, 0) is 25.1 Å². The molecule has 2 N–H and O–H groups in total. The second kappa shape index (κ2) is 6.72. The third-order valence-corrected chi connectivity index (χ3v) is 3.63. The lowest BCUT2D eigenvalue weighted by Crippen LogP contribution is -2.44. The highest BCUT2D eigenvalue weighted by atomic mass is 79.9. The molecule has 0 aliphatic carbocycles. The molecule has 2 atom stereocenters. The lowest BCUT2D eigenvalue weighted by Gasteiger charge is -2.34. The van der Waals surface area contributed by atoms with Gasteiger partial charge in [-0.15, -0.1) is 0 Å². The standard InChI is InChI=1S/C13H18BrF3N2/c1-3-19(8-13(15,16)17)12(9(2)18)10-6-4-5-7-11(10)14/h4-7,9,12H,3,8,18H2,1-2H3. The molecule has 108 valence electrons. The van der Waals surface area contributed by atoms with Gasteiger partial charge < -0.3 is 5.73 Å². The van der Waals surface area contributed by atoms with Crippen LogP contribution in [0.2, 0.25) is 0 Å². The van der Waals surface area contributed by atoms with Crippen molar-refractivity contribution in [1.29, 1.82) is 0 Å². The number of benzene rings is 1. The van der Waals surface area contributed by atoms with Crippen molar-refractivity contribution < 1.29 is 13.2 Å². The van der Waals surface area contributed by atoms with Crippen LogP contribution in [-0.2, 0) is 0 Å². The van der Waals surface area contributed by atoms with E-state index >= 15 is 0 Å². The zero-order chi connectivity index (χ0) is 14.6. The number of likely N-dealkylation sites (N-methyl/N-ethyl adjacent to an activating group) is 1. The summed E-state index contributed by atoms with van der Waals surface area (Å²) in [6, 6.07) is 6.37. The largest absolute Gasteiger partial charge is 0.401 e. The number of hydrogen-bond acceptors (Lipinski definition) is 2. The third kappa shape index (κ3) is 4.78. The topological polar surface area (TPSA) is 29.3 Å². The van der Waals surface area contributed by atoms with Gasteiger partial charge in [-0.2, -0.15) is 13.2 Å². The molecule has 0 bridgehead atoms. The van der Waals surface area contributed by atoms with Crippen LogP contribution < -0.4 is 5.73 Å². The summed E-state index contributed by atoms with van der Waals surface area (Å²) < 4.78 is 38.7. The van der Waals surface area contributed by atoms with E-state index in [1.54, 1.807) is 26.0 Å². The first-order valence-electron chi connectivity index (χ1n) is 6.07. The zero-order valence-corrected chi connectivity index (χ0v) is 12.5. The Morgan fingerprint density at radius 1 is 1.32 bits per heavy atom. The van der Waals surface area contributed by atoms with Crippen LogP contribution in [0.3, 0.4) is 0 Å². The maximum absolute atomic E-state index is 12.6. The van der Waals surface area contributed by atoms with Gasteiger partial charge in [0.15, 0.2) is 0 Å². The molecule has 0 saturated heterocycles. The molecule has 0 aliphatic heterocycles. The second-order valence-corrected chi connectivity index (χ2v) is 5.36. The molecule has 0 amide bonds. The predicted octanol–water partition coefficient (Wildman–Crippen LogP) is 3.72. The van der Waals surface area contributed by atoms with Gasteiger partial charge in [0.1, 0.15) is 0 Å². The molecule has 1 aromatic carbocycles. The summed E-state index contributed by atoms with van der Waals surface area (Å²) in [6.45, 7) is 2.76. The van der Waals surface area contributed by atoms with Crippen LogP contribution >= 0.6 is 15.9 Å². The Bertz CT molecular complexity index is 407. The molecular weight excluding hydrogens is 321 g/mol. The molecule has 1 rings (SSSR count). The van der Waals surface area contributed by atoms with Crippen LogP contribution in [0, 0.1) is 0 Å². The molecule has 0 radical (unpaired) electrons. The van der Waals surface area contributed by atoms with Crippen molar-refractivity contribution in [2.24, 2.45) is 5.73 Å². The summed E-state index contributed by atoms with van der Waals surface area (Å²) in [5, 5.41) is 0. The molecule has 19 heavy (non-hydrogen) atoms. The van der Waals surface area contributed by atoms with Crippen LogP contribution in [0.15, 0.2) is 28.7 Å². The minimum Gasteiger partial charge on any atom is -0.326 e. The third-order valence-electron chi connectivity index (χ3n) is 2.90. The molecule has 0 aromatic heterocycles. The fourth-order valence-electron chi connectivity index (χ4n) is 2.16. The van der Waals surface area contributed by atoms with Crippen LogP contribution in [0.4, 0.5) is 13.2 Å². The Balaban J connectivity index is 3.09. The van der Waals surface area contributed by atoms with E-state index < -0.39 is 24.8 Å². The zero-order valence-electron chi connectivity index (χ0n) is 10.9. The molecule has 2 nitrogen and oxygen atoms in total. The Morgan fingerprint density at radius 3 is 2.32 bits per heavy atom. The summed E-state index contributed by atoms with van der Waals surface area (Å²) in [5.41, 5.74) is 6.68. The molecule has 0 spiro atoms. The van der Waals surface area contributed by atoms with Crippen LogP contribution in [0.5, 0.6) is 0 Å². The summed E-state index contributed by atoms with van der Waals surface area (Å²) in [7, 11) is 0. The van der Waals surface area contributed by atoms with E-state index in [9.17, 15) is 13.2 Å². The number of alkyl halides is 3. The number of halogens is 4. The summed E-state index contributed by atoms with van der Waals surface area (Å²) in [5.74, 6) is 0. The van der Waals surface area contributed by atoms with E-state index in [4.69, 9.17) is 5.73 Å². The predicted molar refractivity (Wildman–Crippen MR) is 73.8 cm³/mol. The molecule has 1 aromatic rings. The Hall–Kier alpha value is -0.590. The van der Waals surface area contributed by atoms with Gasteiger partial charge in [-0.1, -0.05) is 41.1 Å². The van der Waals surface area contributed by atoms with Crippen molar-refractivity contribution in [3.63, 3.8) is 0 Å². The van der Waals surface area contributed by atoms with Gasteiger partial charge >= 0.3 is 6.18 Å². The van der Waals surface area contributed by atoms with E-state index in [1.807, 2.05) is 12.1 Å². The van der Waals surface area contributed by atoms with Crippen molar-refractivity contribution >= 4 is 15.9 Å². The molecule has 0 fully saturated rings. The Morgan fingerprint density at radius 2 is 1.89 bits per heavy atom. The van der Waals surface area contributed by atoms with E-state index in [1.165, 1.54) is 4.90 Å². The lowest BCUT2D eigenvalue weighted by atomic mass is 9.99. The highest BCUT2D eigenvalue weighted by Gasteiger charge is 2.35. The Labute approximate surface area is 119 Å².